The number of hydrogen-bond acceptors (Lipinski definition) is 5. The van der Waals surface area contributed by atoms with Crippen LogP contribution in [-0.4, -0.2) is 31.7 Å². The van der Waals surface area contributed by atoms with Crippen LogP contribution in [0, 0.1) is 0 Å². The van der Waals surface area contributed by atoms with Gasteiger partial charge < -0.3 is 20.3 Å². The quantitative estimate of drug-likeness (QED) is 0.711. The molecule has 0 fully saturated rings. The molecule has 3 N–H and O–H groups in total. The summed E-state index contributed by atoms with van der Waals surface area (Å²) in [6.07, 6.45) is 0. The molecule has 1 aromatic rings. The van der Waals surface area contributed by atoms with Crippen molar-refractivity contribution >= 4 is 5.78 Å². The number of ether oxygens (including phenoxy) is 2. The zero-order valence-electron chi connectivity index (χ0n) is 8.61. The third-order valence-electron chi connectivity index (χ3n) is 1.97. The number of methoxy groups -OCH3 is 2. The number of carbonyl (C=O) groups excluding carboxylic acids is 1. The van der Waals surface area contributed by atoms with Crippen LogP contribution in [0.25, 0.3) is 0 Å². The lowest BCUT2D eigenvalue weighted by molar-refractivity contribution is 0.0995. The molecule has 0 spiro atoms. The van der Waals surface area contributed by atoms with Crippen molar-refractivity contribution in [1.82, 2.24) is 0 Å². The van der Waals surface area contributed by atoms with Crippen LogP contribution in [0.4, 0.5) is 0 Å². The molecule has 0 aliphatic rings. The number of ketones is 1. The largest absolute Gasteiger partial charge is 0.507 e. The molecule has 0 unspecified atom stereocenters. The molecule has 82 valence electrons. The number of benzene rings is 1. The number of Topliss-reactive ketones (excluding diaryl/α,β-unsaturated/α-hetero) is 1. The average molecular weight is 211 g/mol. The fourth-order valence-electron chi connectivity index (χ4n) is 1.24. The van der Waals surface area contributed by atoms with Crippen LogP contribution >= 0.6 is 0 Å². The third-order valence-corrected chi connectivity index (χ3v) is 1.97. The Balaban J connectivity index is 3.30. The number of phenols is 1. The molecule has 0 aromatic heterocycles. The fourth-order valence-corrected chi connectivity index (χ4v) is 1.24. The number of hydrogen-bond donors (Lipinski definition) is 2. The number of carbonyl (C=O) groups is 1. The van der Waals surface area contributed by atoms with Crippen molar-refractivity contribution in [2.75, 3.05) is 20.8 Å². The van der Waals surface area contributed by atoms with E-state index in [1.165, 1.54) is 26.4 Å². The number of rotatable bonds is 4. The first-order valence-corrected chi connectivity index (χ1v) is 4.32. The number of phenolic OH excluding ortho intramolecular Hbond substituents is 1. The minimum Gasteiger partial charge on any atom is -0.507 e. The predicted octanol–water partition coefficient (Wildman–Crippen LogP) is 0.551. The molecule has 0 bridgehead atoms. The lowest BCUT2D eigenvalue weighted by atomic mass is 10.1. The molecule has 5 heteroatoms. The maximum Gasteiger partial charge on any atom is 0.183 e. The summed E-state index contributed by atoms with van der Waals surface area (Å²) in [5.74, 6) is 0.0916. The molecule has 0 radical (unpaired) electrons. The predicted molar refractivity (Wildman–Crippen MR) is 54.6 cm³/mol. The van der Waals surface area contributed by atoms with Crippen LogP contribution in [0.5, 0.6) is 17.2 Å². The van der Waals surface area contributed by atoms with E-state index in [2.05, 4.69) is 0 Å². The van der Waals surface area contributed by atoms with Gasteiger partial charge >= 0.3 is 0 Å². The van der Waals surface area contributed by atoms with Gasteiger partial charge in [-0.05, 0) is 0 Å². The molecular formula is C10H13NO4. The van der Waals surface area contributed by atoms with E-state index >= 15 is 0 Å². The lowest BCUT2D eigenvalue weighted by Crippen LogP contribution is -2.14. The van der Waals surface area contributed by atoms with Crippen molar-refractivity contribution < 1.29 is 19.4 Å². The molecule has 0 atom stereocenters. The normalized spacial score (nSPS) is 9.80. The average Bonchev–Trinajstić information content (AvgIpc) is 2.26. The SMILES string of the molecule is COc1cc(O)c(C(=O)CN)c(OC)c1. The van der Waals surface area contributed by atoms with E-state index in [0.717, 1.165) is 0 Å². The van der Waals surface area contributed by atoms with Crippen LogP contribution in [0.2, 0.25) is 0 Å². The van der Waals surface area contributed by atoms with Crippen molar-refractivity contribution in [1.29, 1.82) is 0 Å². The van der Waals surface area contributed by atoms with Crippen molar-refractivity contribution in [2.24, 2.45) is 5.73 Å². The molecule has 1 aromatic carbocycles. The van der Waals surface area contributed by atoms with Crippen molar-refractivity contribution in [2.45, 2.75) is 0 Å². The molecule has 0 aliphatic heterocycles. The first kappa shape index (κ1) is 11.3. The van der Waals surface area contributed by atoms with E-state index in [1.807, 2.05) is 0 Å². The standard InChI is InChI=1S/C10H13NO4/c1-14-6-3-7(12)10(8(13)5-11)9(4-6)15-2/h3-4,12H,5,11H2,1-2H3. The summed E-state index contributed by atoms with van der Waals surface area (Å²) in [5, 5.41) is 9.60. The van der Waals surface area contributed by atoms with Crippen LogP contribution < -0.4 is 15.2 Å². The highest BCUT2D eigenvalue weighted by atomic mass is 16.5. The number of aromatic hydroxyl groups is 1. The smallest absolute Gasteiger partial charge is 0.183 e. The Morgan fingerprint density at radius 2 is 2.07 bits per heavy atom. The lowest BCUT2D eigenvalue weighted by Gasteiger charge is -2.10. The Morgan fingerprint density at radius 1 is 1.40 bits per heavy atom. The summed E-state index contributed by atoms with van der Waals surface area (Å²) in [6.45, 7) is -0.184. The summed E-state index contributed by atoms with van der Waals surface area (Å²) in [6, 6.07) is 2.86. The van der Waals surface area contributed by atoms with Gasteiger partial charge in [-0.2, -0.15) is 0 Å². The van der Waals surface area contributed by atoms with Gasteiger partial charge in [-0.15, -0.1) is 0 Å². The minimum absolute atomic E-state index is 0.0841. The van der Waals surface area contributed by atoms with Gasteiger partial charge in [0.25, 0.3) is 0 Å². The monoisotopic (exact) mass is 211 g/mol. The zero-order valence-corrected chi connectivity index (χ0v) is 8.61. The van der Waals surface area contributed by atoms with Gasteiger partial charge in [0.15, 0.2) is 5.78 Å². The summed E-state index contributed by atoms with van der Waals surface area (Å²) >= 11 is 0. The summed E-state index contributed by atoms with van der Waals surface area (Å²) in [7, 11) is 2.86. The molecule has 0 heterocycles. The van der Waals surface area contributed by atoms with E-state index in [4.69, 9.17) is 15.2 Å². The molecular weight excluding hydrogens is 198 g/mol. The van der Waals surface area contributed by atoms with Crippen molar-refractivity contribution in [3.05, 3.63) is 17.7 Å². The highest BCUT2D eigenvalue weighted by Crippen LogP contribution is 2.33. The van der Waals surface area contributed by atoms with Crippen LogP contribution in [0.15, 0.2) is 12.1 Å². The fraction of sp³-hybridized carbons (Fsp3) is 0.300. The van der Waals surface area contributed by atoms with Crippen LogP contribution in [0.3, 0.4) is 0 Å². The first-order valence-electron chi connectivity index (χ1n) is 4.32. The van der Waals surface area contributed by atoms with E-state index in [1.54, 1.807) is 0 Å². The van der Waals surface area contributed by atoms with E-state index in [0.29, 0.717) is 5.75 Å². The van der Waals surface area contributed by atoms with Crippen LogP contribution in [-0.2, 0) is 0 Å². The molecule has 0 aliphatic carbocycles. The molecule has 1 rings (SSSR count). The molecule has 0 amide bonds. The van der Waals surface area contributed by atoms with Crippen molar-refractivity contribution in [3.63, 3.8) is 0 Å². The van der Waals surface area contributed by atoms with Gasteiger partial charge in [-0.1, -0.05) is 0 Å². The summed E-state index contributed by atoms with van der Waals surface area (Å²) < 4.78 is 9.90. The minimum atomic E-state index is -0.382. The Morgan fingerprint density at radius 3 is 2.53 bits per heavy atom. The first-order chi connectivity index (χ1) is 7.13. The van der Waals surface area contributed by atoms with E-state index < -0.39 is 0 Å². The van der Waals surface area contributed by atoms with E-state index in [9.17, 15) is 9.90 Å². The van der Waals surface area contributed by atoms with E-state index in [-0.39, 0.29) is 29.4 Å². The second-order valence-corrected chi connectivity index (χ2v) is 2.85. The third kappa shape index (κ3) is 2.19. The topological polar surface area (TPSA) is 81.8 Å². The second kappa shape index (κ2) is 4.65. The maximum atomic E-state index is 11.4. The Bertz CT molecular complexity index is 376. The molecule has 0 saturated heterocycles. The van der Waals surface area contributed by atoms with Gasteiger partial charge in [-0.3, -0.25) is 4.79 Å². The van der Waals surface area contributed by atoms with Gasteiger partial charge in [0.05, 0.1) is 20.8 Å². The van der Waals surface area contributed by atoms with Crippen molar-refractivity contribution in [3.8, 4) is 17.2 Å². The highest BCUT2D eigenvalue weighted by Gasteiger charge is 2.17. The Kier molecular flexibility index (Phi) is 3.51. The molecule has 5 nitrogen and oxygen atoms in total. The second-order valence-electron chi connectivity index (χ2n) is 2.85. The van der Waals surface area contributed by atoms with Gasteiger partial charge in [0.2, 0.25) is 0 Å². The van der Waals surface area contributed by atoms with Gasteiger partial charge in [-0.25, -0.2) is 0 Å². The Hall–Kier alpha value is -1.75. The number of nitrogens with two attached hydrogens (primary N) is 1. The van der Waals surface area contributed by atoms with Gasteiger partial charge in [0, 0.05) is 12.1 Å². The summed E-state index contributed by atoms with van der Waals surface area (Å²) in [5.41, 5.74) is 5.30. The maximum absolute atomic E-state index is 11.4. The summed E-state index contributed by atoms with van der Waals surface area (Å²) in [4.78, 5) is 11.4. The molecule has 0 saturated carbocycles. The zero-order chi connectivity index (χ0) is 11.4. The van der Waals surface area contributed by atoms with Crippen LogP contribution in [0.1, 0.15) is 10.4 Å². The highest BCUT2D eigenvalue weighted by molar-refractivity contribution is 6.02. The molecule has 15 heavy (non-hydrogen) atoms. The van der Waals surface area contributed by atoms with Gasteiger partial charge in [0.1, 0.15) is 22.8 Å². The Labute approximate surface area is 87.4 Å².